The van der Waals surface area contributed by atoms with Crippen molar-refractivity contribution in [3.05, 3.63) is 68.0 Å². The first-order valence-electron chi connectivity index (χ1n) is 12.2. The van der Waals surface area contributed by atoms with Crippen LogP contribution in [0.1, 0.15) is 69.6 Å². The standard InChI is InChI=1S/C27H33N5O4/c1-19-17-30-24(34)32(23(19)33)15-7-14-31(25(35)36-26(2,3)4)21-10-12-27(18-29,13-11-21)22-9-6-5-8-20(22)16-28/h5-6,8-9,17,21H,7,10-15H2,1-4H3,(H,30,34). The van der Waals surface area contributed by atoms with Crippen LogP contribution in [0.2, 0.25) is 0 Å². The molecule has 9 heteroatoms. The van der Waals surface area contributed by atoms with E-state index in [1.165, 1.54) is 6.20 Å². The molecule has 36 heavy (non-hydrogen) atoms. The van der Waals surface area contributed by atoms with Gasteiger partial charge in [-0.3, -0.25) is 9.36 Å². The maximum absolute atomic E-state index is 13.1. The fourth-order valence-corrected chi connectivity index (χ4v) is 4.81. The summed E-state index contributed by atoms with van der Waals surface area (Å²) in [6.45, 7) is 7.50. The van der Waals surface area contributed by atoms with Crippen LogP contribution in [-0.4, -0.2) is 38.7 Å². The number of hydrogen-bond donors (Lipinski definition) is 1. The number of carbonyl (C=O) groups is 1. The second kappa shape index (κ2) is 10.8. The van der Waals surface area contributed by atoms with Gasteiger partial charge in [-0.2, -0.15) is 10.5 Å². The number of aromatic amines is 1. The second-order valence-electron chi connectivity index (χ2n) is 10.3. The largest absolute Gasteiger partial charge is 0.444 e. The van der Waals surface area contributed by atoms with Crippen molar-refractivity contribution in [3.8, 4) is 12.1 Å². The van der Waals surface area contributed by atoms with E-state index >= 15 is 0 Å². The van der Waals surface area contributed by atoms with Crippen LogP contribution in [0.5, 0.6) is 0 Å². The Morgan fingerprint density at radius 1 is 1.22 bits per heavy atom. The van der Waals surface area contributed by atoms with Gasteiger partial charge in [0.2, 0.25) is 0 Å². The summed E-state index contributed by atoms with van der Waals surface area (Å²) in [5, 5.41) is 19.7. The summed E-state index contributed by atoms with van der Waals surface area (Å²) in [7, 11) is 0. The number of H-pyrrole nitrogens is 1. The van der Waals surface area contributed by atoms with Gasteiger partial charge in [0.25, 0.3) is 5.56 Å². The molecule has 1 amide bonds. The third-order valence-electron chi connectivity index (χ3n) is 6.68. The van der Waals surface area contributed by atoms with Gasteiger partial charge in [-0.25, -0.2) is 9.59 Å². The lowest BCUT2D eigenvalue weighted by Gasteiger charge is -2.41. The monoisotopic (exact) mass is 491 g/mol. The fourth-order valence-electron chi connectivity index (χ4n) is 4.81. The minimum Gasteiger partial charge on any atom is -0.444 e. The number of carbonyl (C=O) groups excluding carboxylic acids is 1. The predicted octanol–water partition coefficient (Wildman–Crippen LogP) is 3.75. The number of nitriles is 2. The van der Waals surface area contributed by atoms with Crippen LogP contribution in [0.4, 0.5) is 4.79 Å². The molecule has 0 unspecified atom stereocenters. The first kappa shape index (κ1) is 26.7. The molecule has 1 aromatic carbocycles. The number of ether oxygens (including phenoxy) is 1. The molecule has 1 heterocycles. The summed E-state index contributed by atoms with van der Waals surface area (Å²) in [6, 6.07) is 11.7. The van der Waals surface area contributed by atoms with Crippen molar-refractivity contribution in [2.24, 2.45) is 0 Å². The summed E-state index contributed by atoms with van der Waals surface area (Å²) >= 11 is 0. The highest BCUT2D eigenvalue weighted by atomic mass is 16.6. The van der Waals surface area contributed by atoms with Crippen molar-refractivity contribution in [2.75, 3.05) is 6.54 Å². The molecule has 3 rings (SSSR count). The van der Waals surface area contributed by atoms with E-state index in [1.54, 1.807) is 44.7 Å². The maximum atomic E-state index is 13.1. The van der Waals surface area contributed by atoms with Crippen LogP contribution in [0.3, 0.4) is 0 Å². The first-order valence-corrected chi connectivity index (χ1v) is 12.2. The summed E-state index contributed by atoms with van der Waals surface area (Å²) in [5.74, 6) is 0. The van der Waals surface area contributed by atoms with Crippen molar-refractivity contribution in [1.82, 2.24) is 14.5 Å². The maximum Gasteiger partial charge on any atom is 0.410 e. The zero-order valence-corrected chi connectivity index (χ0v) is 21.3. The van der Waals surface area contributed by atoms with E-state index < -0.39 is 22.8 Å². The normalized spacial score (nSPS) is 19.7. The number of aryl methyl sites for hydroxylation is 1. The van der Waals surface area contributed by atoms with Gasteiger partial charge < -0.3 is 14.6 Å². The average Bonchev–Trinajstić information content (AvgIpc) is 2.85. The fraction of sp³-hybridized carbons (Fsp3) is 0.519. The lowest BCUT2D eigenvalue weighted by molar-refractivity contribution is 0.00978. The SMILES string of the molecule is Cc1c[nH]c(=O)n(CCCN(C(=O)OC(C)(C)C)C2CCC(C#N)(c3ccccc3C#N)CC2)c1=O. The molecule has 1 N–H and O–H groups in total. The van der Waals surface area contributed by atoms with Crippen LogP contribution in [-0.2, 0) is 16.7 Å². The van der Waals surface area contributed by atoms with Gasteiger partial charge in [0.15, 0.2) is 0 Å². The highest BCUT2D eigenvalue weighted by molar-refractivity contribution is 5.68. The predicted molar refractivity (Wildman–Crippen MR) is 134 cm³/mol. The zero-order valence-electron chi connectivity index (χ0n) is 21.3. The molecule has 9 nitrogen and oxygen atoms in total. The molecule has 0 radical (unpaired) electrons. The summed E-state index contributed by atoms with van der Waals surface area (Å²) in [4.78, 5) is 41.9. The average molecular weight is 492 g/mol. The van der Waals surface area contributed by atoms with E-state index in [-0.39, 0.29) is 18.1 Å². The van der Waals surface area contributed by atoms with Gasteiger partial charge in [-0.15, -0.1) is 0 Å². The topological polar surface area (TPSA) is 132 Å². The molecule has 1 aliphatic rings. The van der Waals surface area contributed by atoms with Gasteiger partial charge in [-0.05, 0) is 71.4 Å². The van der Waals surface area contributed by atoms with Crippen LogP contribution >= 0.6 is 0 Å². The highest BCUT2D eigenvalue weighted by Gasteiger charge is 2.41. The minimum atomic E-state index is -0.787. The van der Waals surface area contributed by atoms with Gasteiger partial charge in [0.1, 0.15) is 5.60 Å². The number of amides is 1. The number of hydrogen-bond acceptors (Lipinski definition) is 6. The van der Waals surface area contributed by atoms with E-state index in [4.69, 9.17) is 4.74 Å². The Hall–Kier alpha value is -3.85. The lowest BCUT2D eigenvalue weighted by atomic mass is 9.68. The molecule has 1 saturated carbocycles. The molecule has 0 atom stereocenters. The summed E-state index contributed by atoms with van der Waals surface area (Å²) < 4.78 is 6.81. The Kier molecular flexibility index (Phi) is 8.04. The molecule has 0 saturated heterocycles. The van der Waals surface area contributed by atoms with Gasteiger partial charge in [0, 0.05) is 30.9 Å². The molecule has 1 aromatic heterocycles. The summed E-state index contributed by atoms with van der Waals surface area (Å²) in [6.07, 6.45) is 3.46. The Morgan fingerprint density at radius 2 is 1.89 bits per heavy atom. The highest BCUT2D eigenvalue weighted by Crippen LogP contribution is 2.42. The molecule has 190 valence electrons. The number of benzene rings is 1. The third-order valence-corrected chi connectivity index (χ3v) is 6.68. The van der Waals surface area contributed by atoms with Gasteiger partial charge in [-0.1, -0.05) is 18.2 Å². The van der Waals surface area contributed by atoms with E-state index in [9.17, 15) is 24.9 Å². The Balaban J connectivity index is 1.79. The van der Waals surface area contributed by atoms with Crippen LogP contribution in [0, 0.1) is 29.6 Å². The smallest absolute Gasteiger partial charge is 0.410 e. The Bertz CT molecular complexity index is 1300. The van der Waals surface area contributed by atoms with Crippen molar-refractivity contribution in [2.45, 2.75) is 83.4 Å². The summed E-state index contributed by atoms with van der Waals surface area (Å²) in [5.41, 5.74) is -0.638. The van der Waals surface area contributed by atoms with E-state index in [1.807, 2.05) is 12.1 Å². The van der Waals surface area contributed by atoms with Crippen LogP contribution in [0.15, 0.2) is 40.1 Å². The lowest BCUT2D eigenvalue weighted by Crippen LogP contribution is -2.48. The van der Waals surface area contributed by atoms with Gasteiger partial charge in [0.05, 0.1) is 23.1 Å². The molecule has 0 aliphatic heterocycles. The number of nitrogens with zero attached hydrogens (tertiary/aromatic N) is 4. The van der Waals surface area contributed by atoms with Crippen LogP contribution in [0.25, 0.3) is 0 Å². The van der Waals surface area contributed by atoms with Crippen LogP contribution < -0.4 is 11.2 Å². The number of aromatic nitrogens is 2. The molecule has 1 fully saturated rings. The number of rotatable bonds is 6. The first-order chi connectivity index (χ1) is 17.0. The molecule has 0 spiro atoms. The molecule has 0 bridgehead atoms. The zero-order chi connectivity index (χ0) is 26.5. The minimum absolute atomic E-state index is 0.164. The van der Waals surface area contributed by atoms with Crippen molar-refractivity contribution >= 4 is 6.09 Å². The van der Waals surface area contributed by atoms with E-state index in [0.29, 0.717) is 49.8 Å². The third kappa shape index (κ3) is 5.85. The van der Waals surface area contributed by atoms with E-state index in [0.717, 1.165) is 10.1 Å². The van der Waals surface area contributed by atoms with Crippen molar-refractivity contribution in [1.29, 1.82) is 10.5 Å². The molecular weight excluding hydrogens is 458 g/mol. The second-order valence-corrected chi connectivity index (χ2v) is 10.3. The Labute approximate surface area is 210 Å². The number of nitrogens with one attached hydrogen (secondary N) is 1. The van der Waals surface area contributed by atoms with Gasteiger partial charge >= 0.3 is 11.8 Å². The van der Waals surface area contributed by atoms with E-state index in [2.05, 4.69) is 17.1 Å². The quantitative estimate of drug-likeness (QED) is 0.654. The molecule has 1 aliphatic carbocycles. The van der Waals surface area contributed by atoms with Crippen molar-refractivity contribution < 1.29 is 9.53 Å². The molecule has 2 aromatic rings. The van der Waals surface area contributed by atoms with Crippen molar-refractivity contribution in [3.63, 3.8) is 0 Å². The molecular formula is C27H33N5O4. The Morgan fingerprint density at radius 3 is 2.50 bits per heavy atom.